The van der Waals surface area contributed by atoms with Gasteiger partial charge in [0.25, 0.3) is 11.7 Å². The lowest BCUT2D eigenvalue weighted by atomic mass is 10.2. The highest BCUT2D eigenvalue weighted by Crippen LogP contribution is 2.32. The van der Waals surface area contributed by atoms with Gasteiger partial charge in [-0.15, -0.1) is 0 Å². The Morgan fingerprint density at radius 1 is 1.03 bits per heavy atom. The Labute approximate surface area is 181 Å². The molecular formula is C20H21N10O2+. The highest BCUT2D eigenvalue weighted by atomic mass is 16.5. The average Bonchev–Trinajstić information content (AvgIpc) is 3.10. The predicted octanol–water partition coefficient (Wildman–Crippen LogP) is 0.197. The van der Waals surface area contributed by atoms with Crippen LogP contribution in [0, 0.1) is 6.92 Å². The number of ether oxygens (including phenoxy) is 2. The van der Waals surface area contributed by atoms with Gasteiger partial charge in [-0.1, -0.05) is 6.07 Å². The van der Waals surface area contributed by atoms with E-state index < -0.39 is 0 Å². The van der Waals surface area contributed by atoms with Crippen LogP contribution in [0.1, 0.15) is 11.4 Å². The summed E-state index contributed by atoms with van der Waals surface area (Å²) in [6.07, 6.45) is 0. The molecule has 12 heteroatoms. The SMILES string of the molecule is Cc1nc2nc(Oc3cc(C(N)=[NH2+])ccc3N)nc(Oc3cccc(N=C(N)N)c3)c2[nH]1. The van der Waals surface area contributed by atoms with Crippen LogP contribution in [0.2, 0.25) is 0 Å². The highest BCUT2D eigenvalue weighted by molar-refractivity contribution is 5.93. The van der Waals surface area contributed by atoms with E-state index in [1.54, 1.807) is 49.4 Å². The molecule has 0 atom stereocenters. The Morgan fingerprint density at radius 2 is 1.84 bits per heavy atom. The molecule has 4 rings (SSSR count). The van der Waals surface area contributed by atoms with Gasteiger partial charge in [0, 0.05) is 6.07 Å². The van der Waals surface area contributed by atoms with Crippen molar-refractivity contribution in [2.45, 2.75) is 6.92 Å². The third-order valence-electron chi connectivity index (χ3n) is 4.25. The molecule has 0 saturated carbocycles. The number of amidine groups is 1. The maximum absolute atomic E-state index is 6.01. The molecule has 0 aliphatic heterocycles. The fourth-order valence-corrected chi connectivity index (χ4v) is 2.87. The lowest BCUT2D eigenvalue weighted by molar-refractivity contribution is -0.114. The van der Waals surface area contributed by atoms with Gasteiger partial charge in [-0.25, -0.2) is 9.98 Å². The molecular weight excluding hydrogens is 412 g/mol. The third kappa shape index (κ3) is 4.33. The van der Waals surface area contributed by atoms with Gasteiger partial charge in [0.15, 0.2) is 17.4 Å². The third-order valence-corrected chi connectivity index (χ3v) is 4.25. The number of H-pyrrole nitrogens is 1. The Balaban J connectivity index is 1.74. The molecule has 0 amide bonds. The summed E-state index contributed by atoms with van der Waals surface area (Å²) in [5.74, 6) is 1.59. The van der Waals surface area contributed by atoms with Crippen LogP contribution in [0.3, 0.4) is 0 Å². The fraction of sp³-hybridized carbons (Fsp3) is 0.0500. The summed E-state index contributed by atoms with van der Waals surface area (Å²) in [4.78, 5) is 20.1. The van der Waals surface area contributed by atoms with Crippen molar-refractivity contribution < 1.29 is 14.9 Å². The van der Waals surface area contributed by atoms with Gasteiger partial charge in [-0.05, 0) is 37.3 Å². The number of hydrogen-bond acceptors (Lipinski definition) is 7. The zero-order valence-corrected chi connectivity index (χ0v) is 17.0. The number of guanidine groups is 1. The monoisotopic (exact) mass is 433 g/mol. The van der Waals surface area contributed by atoms with E-state index in [-0.39, 0.29) is 29.4 Å². The molecule has 0 saturated heterocycles. The highest BCUT2D eigenvalue weighted by Gasteiger charge is 2.17. The molecule has 0 aliphatic carbocycles. The molecule has 0 radical (unpaired) electrons. The predicted molar refractivity (Wildman–Crippen MR) is 120 cm³/mol. The minimum absolute atomic E-state index is 0.0289. The van der Waals surface area contributed by atoms with Crippen LogP contribution < -0.4 is 37.8 Å². The summed E-state index contributed by atoms with van der Waals surface area (Å²) >= 11 is 0. The largest absolute Gasteiger partial charge is 0.437 e. The summed E-state index contributed by atoms with van der Waals surface area (Å²) < 4.78 is 11.8. The van der Waals surface area contributed by atoms with Crippen LogP contribution in [-0.4, -0.2) is 31.7 Å². The molecule has 32 heavy (non-hydrogen) atoms. The number of nitrogens with one attached hydrogen (secondary N) is 1. The first-order valence-corrected chi connectivity index (χ1v) is 9.36. The van der Waals surface area contributed by atoms with Crippen molar-refractivity contribution in [1.82, 2.24) is 19.9 Å². The molecule has 2 aromatic heterocycles. The van der Waals surface area contributed by atoms with Crippen LogP contribution in [0.4, 0.5) is 11.4 Å². The molecule has 0 unspecified atom stereocenters. The van der Waals surface area contributed by atoms with Gasteiger partial charge >= 0.3 is 6.01 Å². The maximum Gasteiger partial charge on any atom is 0.327 e. The van der Waals surface area contributed by atoms with Gasteiger partial charge < -0.3 is 31.7 Å². The van der Waals surface area contributed by atoms with Gasteiger partial charge in [0.05, 0.1) is 16.9 Å². The van der Waals surface area contributed by atoms with E-state index in [1.807, 2.05) is 0 Å². The van der Waals surface area contributed by atoms with Gasteiger partial charge in [0.2, 0.25) is 0 Å². The minimum atomic E-state index is -0.0679. The second-order valence-corrected chi connectivity index (χ2v) is 6.78. The first kappa shape index (κ1) is 20.4. The Morgan fingerprint density at radius 3 is 2.59 bits per heavy atom. The van der Waals surface area contributed by atoms with Crippen molar-refractivity contribution >= 4 is 34.3 Å². The number of aryl methyl sites for hydroxylation is 1. The summed E-state index contributed by atoms with van der Waals surface area (Å²) in [6, 6.07) is 11.7. The van der Waals surface area contributed by atoms with Crippen molar-refractivity contribution in [2.75, 3.05) is 5.73 Å². The number of anilines is 1. The summed E-state index contributed by atoms with van der Waals surface area (Å²) in [5.41, 5.74) is 24.8. The molecule has 0 spiro atoms. The first-order chi connectivity index (χ1) is 15.3. The molecule has 0 fully saturated rings. The number of aromatic nitrogens is 4. The second kappa shape index (κ2) is 8.10. The van der Waals surface area contributed by atoms with E-state index in [2.05, 4.69) is 24.9 Å². The normalized spacial score (nSPS) is 10.7. The number of rotatable bonds is 6. The van der Waals surface area contributed by atoms with Crippen molar-refractivity contribution in [3.63, 3.8) is 0 Å². The Hall–Kier alpha value is -4.87. The maximum atomic E-state index is 6.01. The van der Waals surface area contributed by atoms with Crippen molar-refractivity contribution in [2.24, 2.45) is 22.2 Å². The Bertz CT molecular complexity index is 1360. The van der Waals surface area contributed by atoms with Crippen LogP contribution >= 0.6 is 0 Å². The topological polar surface area (TPSA) is 215 Å². The molecule has 2 aromatic carbocycles. The van der Waals surface area contributed by atoms with E-state index in [9.17, 15) is 0 Å². The summed E-state index contributed by atoms with van der Waals surface area (Å²) in [7, 11) is 0. The number of aliphatic imine (C=N–C) groups is 1. The van der Waals surface area contributed by atoms with Crippen LogP contribution in [0.25, 0.3) is 11.2 Å². The average molecular weight is 433 g/mol. The molecule has 11 N–H and O–H groups in total. The standard InChI is InChI=1S/C20H20N10O2/c1-9-26-15-17(27-9)29-20(32-14-7-10(16(22)23)5-6-13(14)21)30-18(15)31-12-4-2-3-11(8-12)28-19(24)25/h2-8H,21H2,1H3,(H3,22,23)(H4,24,25,28)(H,26,27,29,30)/p+1. The van der Waals surface area contributed by atoms with Gasteiger partial charge in [-0.3, -0.25) is 11.1 Å². The number of aromatic amines is 1. The number of benzene rings is 2. The summed E-state index contributed by atoms with van der Waals surface area (Å²) in [5, 5.41) is 5.66. The van der Waals surface area contributed by atoms with Crippen LogP contribution in [0.5, 0.6) is 23.4 Å². The number of nitrogens with two attached hydrogens (primary N) is 5. The van der Waals surface area contributed by atoms with Crippen molar-refractivity contribution in [3.05, 3.63) is 53.9 Å². The van der Waals surface area contributed by atoms with Crippen LogP contribution in [0.15, 0.2) is 47.5 Å². The molecule has 0 aliphatic rings. The van der Waals surface area contributed by atoms with Crippen molar-refractivity contribution in [3.8, 4) is 23.4 Å². The smallest absolute Gasteiger partial charge is 0.327 e. The molecule has 4 aromatic rings. The van der Waals surface area contributed by atoms with E-state index >= 15 is 0 Å². The number of imidazole rings is 1. The van der Waals surface area contributed by atoms with Crippen LogP contribution in [-0.2, 0) is 0 Å². The number of hydrogen-bond donors (Lipinski definition) is 6. The van der Waals surface area contributed by atoms with E-state index in [0.717, 1.165) is 0 Å². The number of nitrogen functional groups attached to an aromatic ring is 1. The second-order valence-electron chi connectivity index (χ2n) is 6.78. The van der Waals surface area contributed by atoms with Crippen molar-refractivity contribution in [1.29, 1.82) is 0 Å². The van der Waals surface area contributed by atoms with E-state index in [1.165, 1.54) is 0 Å². The molecule has 0 bridgehead atoms. The number of nitrogens with zero attached hydrogens (tertiary/aromatic N) is 4. The summed E-state index contributed by atoms with van der Waals surface area (Å²) in [6.45, 7) is 1.78. The molecule has 162 valence electrons. The Kier molecular flexibility index (Phi) is 5.17. The number of fused-ring (bicyclic) bond motifs is 1. The van der Waals surface area contributed by atoms with E-state index in [0.29, 0.717) is 39.7 Å². The molecule has 2 heterocycles. The fourth-order valence-electron chi connectivity index (χ4n) is 2.87. The quantitative estimate of drug-likeness (QED) is 0.139. The first-order valence-electron chi connectivity index (χ1n) is 9.36. The lowest BCUT2D eigenvalue weighted by Gasteiger charge is -2.10. The van der Waals surface area contributed by atoms with Gasteiger partial charge in [0.1, 0.15) is 17.1 Å². The molecule has 12 nitrogen and oxygen atoms in total. The zero-order chi connectivity index (χ0) is 22.8. The minimum Gasteiger partial charge on any atom is -0.437 e. The van der Waals surface area contributed by atoms with E-state index in [4.69, 9.17) is 37.8 Å². The van der Waals surface area contributed by atoms with Gasteiger partial charge in [-0.2, -0.15) is 9.97 Å². The zero-order valence-electron chi connectivity index (χ0n) is 17.0. The lowest BCUT2D eigenvalue weighted by Crippen LogP contribution is -2.46.